The number of aromatic amines is 1. The lowest BCUT2D eigenvalue weighted by molar-refractivity contribution is -0.131. The molecule has 3 rings (SSSR count). The third-order valence-corrected chi connectivity index (χ3v) is 4.12. The summed E-state index contributed by atoms with van der Waals surface area (Å²) in [4.78, 5) is 20.2. The first-order valence-corrected chi connectivity index (χ1v) is 7.74. The standard InChI is InChI=1S/C15H20FN7O.2ClH/c16-11-3-1-10(2-4-11)12(17)9-13(24)22-5-7-23(8-6-22)15-19-14(18)20-21-15;;/h1-4,12H,5-9,17H2,(H3,18,19,20,21);2*1H. The predicted molar refractivity (Wildman–Crippen MR) is 102 cm³/mol. The Kier molecular flexibility index (Phi) is 8.07. The molecule has 2 aromatic rings. The summed E-state index contributed by atoms with van der Waals surface area (Å²) < 4.78 is 12.9. The summed E-state index contributed by atoms with van der Waals surface area (Å²) in [5.74, 6) is 0.487. The van der Waals surface area contributed by atoms with Crippen LogP contribution in [0.5, 0.6) is 0 Å². The van der Waals surface area contributed by atoms with Gasteiger partial charge in [0.1, 0.15) is 5.82 Å². The highest BCUT2D eigenvalue weighted by atomic mass is 35.5. The number of carbonyl (C=O) groups excluding carboxylic acids is 1. The summed E-state index contributed by atoms with van der Waals surface area (Å²) in [5.41, 5.74) is 12.3. The summed E-state index contributed by atoms with van der Waals surface area (Å²) in [6.45, 7) is 2.45. The van der Waals surface area contributed by atoms with Gasteiger partial charge in [-0.1, -0.05) is 12.1 Å². The van der Waals surface area contributed by atoms with Crippen LogP contribution in [0.3, 0.4) is 0 Å². The Balaban J connectivity index is 0.00000169. The minimum Gasteiger partial charge on any atom is -0.366 e. The highest BCUT2D eigenvalue weighted by Crippen LogP contribution is 2.17. The molecule has 0 aliphatic carbocycles. The smallest absolute Gasteiger partial charge is 0.241 e. The molecular formula is C15H22Cl2FN7O. The number of piperazine rings is 1. The highest BCUT2D eigenvalue weighted by molar-refractivity contribution is 5.85. The zero-order valence-corrected chi connectivity index (χ0v) is 15.6. The number of nitrogens with two attached hydrogens (primary N) is 2. The molecule has 1 atom stereocenters. The van der Waals surface area contributed by atoms with Crippen molar-refractivity contribution < 1.29 is 9.18 Å². The van der Waals surface area contributed by atoms with E-state index < -0.39 is 6.04 Å². The van der Waals surface area contributed by atoms with Gasteiger partial charge >= 0.3 is 0 Å². The fourth-order valence-corrected chi connectivity index (χ4v) is 2.72. The molecule has 0 radical (unpaired) electrons. The fraction of sp³-hybridized carbons (Fsp3) is 0.400. The molecule has 1 amide bonds. The van der Waals surface area contributed by atoms with Crippen LogP contribution in [-0.4, -0.2) is 52.2 Å². The topological polar surface area (TPSA) is 117 Å². The molecule has 8 nitrogen and oxygen atoms in total. The molecule has 1 fully saturated rings. The summed E-state index contributed by atoms with van der Waals surface area (Å²) in [7, 11) is 0. The molecule has 1 aliphatic heterocycles. The van der Waals surface area contributed by atoms with E-state index in [1.807, 2.05) is 4.90 Å². The number of hydrogen-bond donors (Lipinski definition) is 3. The summed E-state index contributed by atoms with van der Waals surface area (Å²) >= 11 is 0. The van der Waals surface area contributed by atoms with E-state index >= 15 is 0 Å². The molecule has 2 heterocycles. The lowest BCUT2D eigenvalue weighted by atomic mass is 10.0. The molecule has 0 spiro atoms. The van der Waals surface area contributed by atoms with E-state index in [4.69, 9.17) is 11.5 Å². The van der Waals surface area contributed by atoms with Crippen LogP contribution < -0.4 is 16.4 Å². The van der Waals surface area contributed by atoms with E-state index in [1.54, 1.807) is 17.0 Å². The van der Waals surface area contributed by atoms with E-state index in [0.717, 1.165) is 5.56 Å². The number of benzene rings is 1. The number of carbonyl (C=O) groups is 1. The third kappa shape index (κ3) is 5.20. The normalized spacial score (nSPS) is 15.0. The van der Waals surface area contributed by atoms with Crippen molar-refractivity contribution in [1.82, 2.24) is 20.1 Å². The average Bonchev–Trinajstić information content (AvgIpc) is 3.02. The second-order valence-corrected chi connectivity index (χ2v) is 5.75. The van der Waals surface area contributed by atoms with Crippen LogP contribution in [0.1, 0.15) is 18.0 Å². The largest absolute Gasteiger partial charge is 0.366 e. The summed E-state index contributed by atoms with van der Waals surface area (Å²) in [5, 5.41) is 6.56. The van der Waals surface area contributed by atoms with Gasteiger partial charge in [0, 0.05) is 38.6 Å². The molecule has 11 heteroatoms. The van der Waals surface area contributed by atoms with Gasteiger partial charge in [-0.2, -0.15) is 4.98 Å². The predicted octanol–water partition coefficient (Wildman–Crippen LogP) is 1.11. The Morgan fingerprint density at radius 3 is 2.35 bits per heavy atom. The van der Waals surface area contributed by atoms with Crippen molar-refractivity contribution in [1.29, 1.82) is 0 Å². The van der Waals surface area contributed by atoms with Crippen molar-refractivity contribution in [2.75, 3.05) is 36.8 Å². The molecule has 1 aromatic carbocycles. The molecule has 1 aromatic heterocycles. The molecular weight excluding hydrogens is 384 g/mol. The number of nitrogen functional groups attached to an aromatic ring is 1. The van der Waals surface area contributed by atoms with Crippen molar-refractivity contribution in [3.63, 3.8) is 0 Å². The summed E-state index contributed by atoms with van der Waals surface area (Å²) in [6.07, 6.45) is 0.195. The van der Waals surface area contributed by atoms with Gasteiger partial charge in [0.25, 0.3) is 0 Å². The first-order chi connectivity index (χ1) is 11.5. The first kappa shape index (κ1) is 21.9. The van der Waals surface area contributed by atoms with Gasteiger partial charge in [-0.25, -0.2) is 9.49 Å². The van der Waals surface area contributed by atoms with Gasteiger partial charge in [0.05, 0.1) is 0 Å². The monoisotopic (exact) mass is 405 g/mol. The van der Waals surface area contributed by atoms with Crippen LogP contribution in [0.25, 0.3) is 0 Å². The molecule has 0 saturated carbocycles. The van der Waals surface area contributed by atoms with Crippen LogP contribution in [0.4, 0.5) is 16.3 Å². The Hall–Kier alpha value is -2.10. The van der Waals surface area contributed by atoms with Crippen LogP contribution in [-0.2, 0) is 4.79 Å². The average molecular weight is 406 g/mol. The van der Waals surface area contributed by atoms with Crippen molar-refractivity contribution in [3.05, 3.63) is 35.6 Å². The number of halogens is 3. The van der Waals surface area contributed by atoms with Crippen LogP contribution >= 0.6 is 24.8 Å². The van der Waals surface area contributed by atoms with Crippen LogP contribution in [0.15, 0.2) is 24.3 Å². The lowest BCUT2D eigenvalue weighted by Gasteiger charge is -2.34. The number of anilines is 2. The maximum atomic E-state index is 12.9. The first-order valence-electron chi connectivity index (χ1n) is 7.74. The molecule has 1 unspecified atom stereocenters. The van der Waals surface area contributed by atoms with Gasteiger partial charge < -0.3 is 21.3 Å². The number of aromatic nitrogens is 3. The Bertz CT molecular complexity index is 704. The molecule has 144 valence electrons. The number of H-pyrrole nitrogens is 1. The SMILES string of the molecule is Cl.Cl.Nc1n[nH]c(N2CCN(C(=O)CC(N)c3ccc(F)cc3)CC2)n1. The zero-order valence-electron chi connectivity index (χ0n) is 14.0. The highest BCUT2D eigenvalue weighted by Gasteiger charge is 2.24. The third-order valence-electron chi connectivity index (χ3n) is 4.12. The second kappa shape index (κ2) is 9.56. The fourth-order valence-electron chi connectivity index (χ4n) is 2.72. The van der Waals surface area contributed by atoms with Crippen molar-refractivity contribution >= 4 is 42.6 Å². The van der Waals surface area contributed by atoms with E-state index in [9.17, 15) is 9.18 Å². The maximum Gasteiger partial charge on any atom is 0.241 e. The van der Waals surface area contributed by atoms with E-state index in [-0.39, 0.29) is 48.9 Å². The number of rotatable bonds is 4. The Labute approximate surface area is 162 Å². The molecule has 1 saturated heterocycles. The second-order valence-electron chi connectivity index (χ2n) is 5.75. The van der Waals surface area contributed by atoms with Gasteiger partial charge in [-0.3, -0.25) is 4.79 Å². The van der Waals surface area contributed by atoms with Gasteiger partial charge in [0.2, 0.25) is 17.8 Å². The van der Waals surface area contributed by atoms with Crippen molar-refractivity contribution in [3.8, 4) is 0 Å². The molecule has 0 bridgehead atoms. The number of hydrogen-bond acceptors (Lipinski definition) is 6. The molecule has 26 heavy (non-hydrogen) atoms. The minimum atomic E-state index is -0.440. The van der Waals surface area contributed by atoms with E-state index in [2.05, 4.69) is 15.2 Å². The number of nitrogens with zero attached hydrogens (tertiary/aromatic N) is 4. The van der Waals surface area contributed by atoms with Crippen LogP contribution in [0, 0.1) is 5.82 Å². The number of nitrogens with one attached hydrogen (secondary N) is 1. The van der Waals surface area contributed by atoms with Gasteiger partial charge in [-0.05, 0) is 17.7 Å². The maximum absolute atomic E-state index is 12.9. The van der Waals surface area contributed by atoms with Gasteiger partial charge in [0.15, 0.2) is 0 Å². The van der Waals surface area contributed by atoms with Crippen molar-refractivity contribution in [2.45, 2.75) is 12.5 Å². The minimum absolute atomic E-state index is 0. The number of amides is 1. The van der Waals surface area contributed by atoms with E-state index in [0.29, 0.717) is 32.1 Å². The lowest BCUT2D eigenvalue weighted by Crippen LogP contribution is -2.49. The van der Waals surface area contributed by atoms with Gasteiger partial charge in [-0.15, -0.1) is 29.9 Å². The van der Waals surface area contributed by atoms with E-state index in [1.165, 1.54) is 12.1 Å². The Morgan fingerprint density at radius 2 is 1.81 bits per heavy atom. The zero-order chi connectivity index (χ0) is 17.1. The Morgan fingerprint density at radius 1 is 1.19 bits per heavy atom. The van der Waals surface area contributed by atoms with Crippen LogP contribution in [0.2, 0.25) is 0 Å². The molecule has 1 aliphatic rings. The quantitative estimate of drug-likeness (QED) is 0.700. The summed E-state index contributed by atoms with van der Waals surface area (Å²) in [6, 6.07) is 5.48. The van der Waals surface area contributed by atoms with Crippen molar-refractivity contribution in [2.24, 2.45) is 5.73 Å². The molecule has 5 N–H and O–H groups in total.